The number of allylic oxidation sites excluding steroid dienone is 2. The number of amides is 2. The number of fused-ring (bicyclic) bond motifs is 5. The van der Waals surface area contributed by atoms with Crippen molar-refractivity contribution in [2.45, 2.75) is 13.3 Å². The van der Waals surface area contributed by atoms with Gasteiger partial charge in [0.15, 0.2) is 5.96 Å². The molecule has 3 aliphatic rings. The summed E-state index contributed by atoms with van der Waals surface area (Å²) in [7, 11) is 1.69. The largest absolute Gasteiger partial charge is 0.380 e. The molecule has 0 aromatic heterocycles. The zero-order valence-electron chi connectivity index (χ0n) is 14.7. The van der Waals surface area contributed by atoms with E-state index >= 15 is 0 Å². The van der Waals surface area contributed by atoms with E-state index in [1.807, 2.05) is 6.92 Å². The number of nitrogens with zero attached hydrogens (tertiary/aromatic N) is 2. The highest BCUT2D eigenvalue weighted by Gasteiger charge is 2.58. The Hall–Kier alpha value is -1.16. The maximum atomic E-state index is 12.6. The molecule has 1 heterocycles. The molecule has 2 fully saturated rings. The predicted molar refractivity (Wildman–Crippen MR) is 106 cm³/mol. The van der Waals surface area contributed by atoms with Crippen molar-refractivity contribution in [1.82, 2.24) is 15.5 Å². The van der Waals surface area contributed by atoms with Crippen molar-refractivity contribution in [3.63, 3.8) is 0 Å². The van der Waals surface area contributed by atoms with Gasteiger partial charge < -0.3 is 15.4 Å². The second kappa shape index (κ2) is 8.98. The molecular weight excluding hydrogens is 435 g/mol. The molecule has 2 amide bonds. The van der Waals surface area contributed by atoms with Crippen molar-refractivity contribution < 1.29 is 14.3 Å². The van der Waals surface area contributed by atoms with Crippen LogP contribution in [0.15, 0.2) is 17.1 Å². The summed E-state index contributed by atoms with van der Waals surface area (Å²) in [5, 5.41) is 6.27. The van der Waals surface area contributed by atoms with Crippen LogP contribution in [-0.2, 0) is 14.3 Å². The summed E-state index contributed by atoms with van der Waals surface area (Å²) >= 11 is 0. The highest BCUT2D eigenvalue weighted by Crippen LogP contribution is 2.52. The number of guanidine groups is 1. The summed E-state index contributed by atoms with van der Waals surface area (Å²) in [5.41, 5.74) is 0. The smallest absolute Gasteiger partial charge is 0.233 e. The molecule has 2 bridgehead atoms. The van der Waals surface area contributed by atoms with Crippen LogP contribution in [-0.4, -0.2) is 62.6 Å². The summed E-state index contributed by atoms with van der Waals surface area (Å²) in [6, 6.07) is 0. The second-order valence-corrected chi connectivity index (χ2v) is 6.45. The number of aliphatic imine (C=N–C) groups is 1. The van der Waals surface area contributed by atoms with Gasteiger partial charge in [-0.1, -0.05) is 12.2 Å². The Morgan fingerprint density at radius 2 is 1.80 bits per heavy atom. The van der Waals surface area contributed by atoms with Crippen LogP contribution in [0.4, 0.5) is 0 Å². The van der Waals surface area contributed by atoms with E-state index in [0.717, 1.165) is 6.42 Å². The molecule has 0 radical (unpaired) electrons. The minimum absolute atomic E-state index is 0. The number of halogens is 1. The molecule has 3 rings (SSSR count). The van der Waals surface area contributed by atoms with Crippen LogP contribution >= 0.6 is 24.0 Å². The first-order valence-corrected chi connectivity index (χ1v) is 8.73. The molecule has 0 spiro atoms. The number of likely N-dealkylation sites (tertiary alicyclic amines) is 1. The summed E-state index contributed by atoms with van der Waals surface area (Å²) in [6.45, 7) is 4.79. The van der Waals surface area contributed by atoms with Crippen LogP contribution in [0.25, 0.3) is 0 Å². The summed E-state index contributed by atoms with van der Waals surface area (Å²) in [4.78, 5) is 30.7. The van der Waals surface area contributed by atoms with Gasteiger partial charge in [0, 0.05) is 33.3 Å². The van der Waals surface area contributed by atoms with Crippen LogP contribution in [0.2, 0.25) is 0 Å². The number of nitrogens with one attached hydrogen (secondary N) is 2. The molecular formula is C17H27IN4O3. The van der Waals surface area contributed by atoms with Crippen LogP contribution in [0.5, 0.6) is 0 Å². The molecule has 1 saturated heterocycles. The molecule has 0 aromatic rings. The Morgan fingerprint density at radius 1 is 1.20 bits per heavy atom. The third-order valence-electron chi connectivity index (χ3n) is 5.16. The van der Waals surface area contributed by atoms with Gasteiger partial charge in [-0.25, -0.2) is 0 Å². The zero-order valence-corrected chi connectivity index (χ0v) is 17.1. The Bertz CT molecular complexity index is 536. The van der Waals surface area contributed by atoms with E-state index in [2.05, 4.69) is 27.8 Å². The standard InChI is InChI=1S/C17H26N4O3.HI/c1-3-24-9-7-20-17(18-2)19-6-8-21-15(22)13-11-4-5-12(10-11)14(13)16(21)23;/h4-5,11-14H,3,6-10H2,1-2H3,(H2,18,19,20);1H. The van der Waals surface area contributed by atoms with Crippen LogP contribution < -0.4 is 10.6 Å². The molecule has 0 aromatic carbocycles. The van der Waals surface area contributed by atoms with Crippen LogP contribution in [0, 0.1) is 23.7 Å². The fraction of sp³-hybridized carbons (Fsp3) is 0.706. The number of carbonyl (C=O) groups excluding carboxylic acids is 2. The van der Waals surface area contributed by atoms with Crippen molar-refractivity contribution in [3.05, 3.63) is 12.2 Å². The predicted octanol–water partition coefficient (Wildman–Crippen LogP) is 0.613. The maximum absolute atomic E-state index is 12.6. The van der Waals surface area contributed by atoms with Gasteiger partial charge in [-0.2, -0.15) is 0 Å². The van der Waals surface area contributed by atoms with E-state index in [9.17, 15) is 9.59 Å². The molecule has 7 nitrogen and oxygen atoms in total. The van der Waals surface area contributed by atoms with E-state index in [0.29, 0.717) is 38.8 Å². The summed E-state index contributed by atoms with van der Waals surface area (Å²) in [6.07, 6.45) is 5.20. The number of carbonyl (C=O) groups is 2. The SMILES string of the molecule is CCOCCNC(=NC)NCCN1C(=O)C2C3C=CC(C3)C2C1=O.I. The number of hydrogen-bond acceptors (Lipinski definition) is 4. The van der Waals surface area contributed by atoms with E-state index in [1.165, 1.54) is 4.90 Å². The van der Waals surface area contributed by atoms with Crippen molar-refractivity contribution in [3.8, 4) is 0 Å². The van der Waals surface area contributed by atoms with Crippen LogP contribution in [0.1, 0.15) is 13.3 Å². The molecule has 1 aliphatic heterocycles. The van der Waals surface area contributed by atoms with Crippen molar-refractivity contribution in [1.29, 1.82) is 0 Å². The normalized spacial score (nSPS) is 29.8. The molecule has 25 heavy (non-hydrogen) atoms. The third kappa shape index (κ3) is 3.99. The average molecular weight is 462 g/mol. The highest BCUT2D eigenvalue weighted by atomic mass is 127. The van der Waals surface area contributed by atoms with E-state index in [1.54, 1.807) is 7.05 Å². The monoisotopic (exact) mass is 462 g/mol. The first kappa shape index (κ1) is 20.2. The Kier molecular flexibility index (Phi) is 7.24. The average Bonchev–Trinajstić information content (AvgIpc) is 3.26. The minimum Gasteiger partial charge on any atom is -0.380 e. The Morgan fingerprint density at radius 3 is 2.36 bits per heavy atom. The zero-order chi connectivity index (χ0) is 17.1. The lowest BCUT2D eigenvalue weighted by molar-refractivity contribution is -0.140. The molecule has 2 N–H and O–H groups in total. The van der Waals surface area contributed by atoms with Gasteiger partial charge in [0.2, 0.25) is 11.8 Å². The van der Waals surface area contributed by atoms with E-state index in [-0.39, 0.29) is 59.5 Å². The van der Waals surface area contributed by atoms with Gasteiger partial charge in [-0.05, 0) is 25.2 Å². The fourth-order valence-electron chi connectivity index (χ4n) is 4.08. The lowest BCUT2D eigenvalue weighted by Gasteiger charge is -2.18. The van der Waals surface area contributed by atoms with Crippen molar-refractivity contribution in [2.75, 3.05) is 39.9 Å². The first-order chi connectivity index (χ1) is 11.7. The lowest BCUT2D eigenvalue weighted by Crippen LogP contribution is -2.44. The van der Waals surface area contributed by atoms with Gasteiger partial charge in [0.25, 0.3) is 0 Å². The van der Waals surface area contributed by atoms with Crippen molar-refractivity contribution >= 4 is 41.8 Å². The molecule has 1 saturated carbocycles. The summed E-state index contributed by atoms with van der Waals surface area (Å²) in [5.74, 6) is 0.957. The third-order valence-corrected chi connectivity index (χ3v) is 5.16. The molecule has 8 heteroatoms. The number of ether oxygens (including phenoxy) is 1. The molecule has 4 atom stereocenters. The number of imide groups is 1. The second-order valence-electron chi connectivity index (χ2n) is 6.45. The fourth-order valence-corrected chi connectivity index (χ4v) is 4.08. The quantitative estimate of drug-likeness (QED) is 0.145. The molecule has 2 aliphatic carbocycles. The maximum Gasteiger partial charge on any atom is 0.233 e. The Labute approximate surface area is 165 Å². The van der Waals surface area contributed by atoms with Gasteiger partial charge in [0.05, 0.1) is 18.4 Å². The Balaban J connectivity index is 0.00000225. The minimum atomic E-state index is -0.115. The van der Waals surface area contributed by atoms with E-state index in [4.69, 9.17) is 4.74 Å². The van der Waals surface area contributed by atoms with E-state index < -0.39 is 0 Å². The highest BCUT2D eigenvalue weighted by molar-refractivity contribution is 14.0. The summed E-state index contributed by atoms with van der Waals surface area (Å²) < 4.78 is 5.26. The van der Waals surface area contributed by atoms with Crippen LogP contribution in [0.3, 0.4) is 0 Å². The lowest BCUT2D eigenvalue weighted by atomic mass is 9.85. The topological polar surface area (TPSA) is 83.0 Å². The number of hydrogen-bond donors (Lipinski definition) is 2. The molecule has 4 unspecified atom stereocenters. The first-order valence-electron chi connectivity index (χ1n) is 8.73. The van der Waals surface area contributed by atoms with Gasteiger partial charge in [-0.3, -0.25) is 19.5 Å². The van der Waals surface area contributed by atoms with Gasteiger partial charge in [-0.15, -0.1) is 24.0 Å². The van der Waals surface area contributed by atoms with Crippen molar-refractivity contribution in [2.24, 2.45) is 28.7 Å². The molecule has 140 valence electrons. The van der Waals surface area contributed by atoms with Gasteiger partial charge >= 0.3 is 0 Å². The number of rotatable bonds is 7. The van der Waals surface area contributed by atoms with Gasteiger partial charge in [0.1, 0.15) is 0 Å².